The summed E-state index contributed by atoms with van der Waals surface area (Å²) in [6.45, 7) is 6.93. The molecule has 2 heterocycles. The molecule has 1 aliphatic rings. The van der Waals surface area contributed by atoms with Crippen molar-refractivity contribution >= 4 is 11.8 Å². The van der Waals surface area contributed by atoms with E-state index in [1.807, 2.05) is 20.8 Å². The molecule has 0 spiro atoms. The number of aromatic nitrogens is 2. The van der Waals surface area contributed by atoms with Gasteiger partial charge in [-0.15, -0.1) is 0 Å². The summed E-state index contributed by atoms with van der Waals surface area (Å²) in [4.78, 5) is 13.3. The number of anilines is 1. The third-order valence-corrected chi connectivity index (χ3v) is 2.40. The van der Waals surface area contributed by atoms with E-state index in [-0.39, 0.29) is 12.1 Å². The van der Waals surface area contributed by atoms with E-state index in [0.29, 0.717) is 13.1 Å². The number of carbonyl (C=O) groups excluding carboxylic acids is 1. The fourth-order valence-corrected chi connectivity index (χ4v) is 1.61. The zero-order chi connectivity index (χ0) is 12.5. The Bertz CT molecular complexity index is 377. The van der Waals surface area contributed by atoms with Crippen LogP contribution in [0.2, 0.25) is 0 Å². The average molecular weight is 238 g/mol. The number of carbonyl (C=O) groups is 1. The highest BCUT2D eigenvalue weighted by molar-refractivity contribution is 5.69. The van der Waals surface area contributed by atoms with Crippen LogP contribution >= 0.6 is 0 Å². The number of nitrogens with one attached hydrogen (secondary N) is 2. The smallest absolute Gasteiger partial charge is 0.410 e. The summed E-state index contributed by atoms with van der Waals surface area (Å²) < 4.78 is 5.27. The van der Waals surface area contributed by atoms with Gasteiger partial charge in [-0.25, -0.2) is 4.79 Å². The Morgan fingerprint density at radius 1 is 1.59 bits per heavy atom. The summed E-state index contributed by atoms with van der Waals surface area (Å²) in [5, 5.41) is 9.84. The van der Waals surface area contributed by atoms with E-state index < -0.39 is 5.60 Å². The minimum absolute atomic E-state index is 0.247. The van der Waals surface area contributed by atoms with Crippen molar-refractivity contribution in [2.75, 3.05) is 18.4 Å². The maximum Gasteiger partial charge on any atom is 0.410 e. The highest BCUT2D eigenvalue weighted by Gasteiger charge is 2.33. The molecule has 2 N–H and O–H groups in total. The SMILES string of the molecule is CC(C)(C)OC(=O)N1CC(Nc2cn[nH]c2)C1. The quantitative estimate of drug-likeness (QED) is 0.818. The number of ether oxygens (including phenoxy) is 1. The van der Waals surface area contributed by atoms with Crippen LogP contribution < -0.4 is 5.32 Å². The van der Waals surface area contributed by atoms with E-state index in [1.165, 1.54) is 0 Å². The van der Waals surface area contributed by atoms with Crippen molar-refractivity contribution in [1.29, 1.82) is 0 Å². The minimum atomic E-state index is -0.430. The van der Waals surface area contributed by atoms with E-state index in [9.17, 15) is 4.79 Å². The Hall–Kier alpha value is -1.72. The molecule has 0 unspecified atom stereocenters. The Labute approximate surface area is 100 Å². The Kier molecular flexibility index (Phi) is 2.95. The third kappa shape index (κ3) is 3.12. The van der Waals surface area contributed by atoms with Crippen molar-refractivity contribution in [1.82, 2.24) is 15.1 Å². The molecule has 0 saturated carbocycles. The van der Waals surface area contributed by atoms with Gasteiger partial charge in [0, 0.05) is 19.3 Å². The van der Waals surface area contributed by atoms with Crippen LogP contribution in [0, 0.1) is 0 Å². The molecular formula is C11H18N4O2. The molecule has 6 heteroatoms. The molecule has 1 aromatic heterocycles. The van der Waals surface area contributed by atoms with Gasteiger partial charge < -0.3 is 15.0 Å². The predicted molar refractivity (Wildman–Crippen MR) is 63.8 cm³/mol. The van der Waals surface area contributed by atoms with Crippen molar-refractivity contribution in [2.24, 2.45) is 0 Å². The monoisotopic (exact) mass is 238 g/mol. The molecule has 0 atom stereocenters. The zero-order valence-corrected chi connectivity index (χ0v) is 10.4. The molecule has 0 radical (unpaired) electrons. The number of H-pyrrole nitrogens is 1. The maximum atomic E-state index is 11.6. The van der Waals surface area contributed by atoms with Gasteiger partial charge in [0.25, 0.3) is 0 Å². The molecule has 1 aliphatic heterocycles. The first-order valence-corrected chi connectivity index (χ1v) is 5.67. The molecule has 0 bridgehead atoms. The number of amides is 1. The summed E-state index contributed by atoms with van der Waals surface area (Å²) in [5.74, 6) is 0. The van der Waals surface area contributed by atoms with Crippen LogP contribution in [-0.2, 0) is 4.74 Å². The van der Waals surface area contributed by atoms with Gasteiger partial charge in [0.05, 0.1) is 17.9 Å². The van der Waals surface area contributed by atoms with Gasteiger partial charge in [0.1, 0.15) is 5.60 Å². The van der Waals surface area contributed by atoms with Gasteiger partial charge in [-0.05, 0) is 20.8 Å². The van der Waals surface area contributed by atoms with E-state index in [1.54, 1.807) is 17.3 Å². The van der Waals surface area contributed by atoms with Crippen molar-refractivity contribution in [3.8, 4) is 0 Å². The Morgan fingerprint density at radius 2 is 2.29 bits per heavy atom. The molecule has 1 saturated heterocycles. The number of rotatable bonds is 2. The lowest BCUT2D eigenvalue weighted by Gasteiger charge is -2.40. The van der Waals surface area contributed by atoms with Crippen molar-refractivity contribution < 1.29 is 9.53 Å². The molecule has 1 fully saturated rings. The highest BCUT2D eigenvalue weighted by Crippen LogP contribution is 2.17. The first-order valence-electron chi connectivity index (χ1n) is 5.67. The second-order valence-electron chi connectivity index (χ2n) is 5.21. The number of nitrogens with zero attached hydrogens (tertiary/aromatic N) is 2. The van der Waals surface area contributed by atoms with E-state index in [2.05, 4.69) is 15.5 Å². The molecular weight excluding hydrogens is 220 g/mol. The van der Waals surface area contributed by atoms with Crippen molar-refractivity contribution in [3.05, 3.63) is 12.4 Å². The first-order chi connectivity index (χ1) is 7.94. The number of likely N-dealkylation sites (tertiary alicyclic amines) is 1. The van der Waals surface area contributed by atoms with Gasteiger partial charge >= 0.3 is 6.09 Å². The van der Waals surface area contributed by atoms with Crippen molar-refractivity contribution in [3.63, 3.8) is 0 Å². The summed E-state index contributed by atoms with van der Waals surface area (Å²) in [7, 11) is 0. The lowest BCUT2D eigenvalue weighted by atomic mass is 10.1. The topological polar surface area (TPSA) is 70.2 Å². The summed E-state index contributed by atoms with van der Waals surface area (Å²) in [6.07, 6.45) is 3.26. The van der Waals surface area contributed by atoms with E-state index in [4.69, 9.17) is 4.74 Å². The zero-order valence-electron chi connectivity index (χ0n) is 10.4. The van der Waals surface area contributed by atoms with Gasteiger partial charge in [-0.2, -0.15) is 5.10 Å². The van der Waals surface area contributed by atoms with Crippen LogP contribution in [0.15, 0.2) is 12.4 Å². The molecule has 6 nitrogen and oxygen atoms in total. The Balaban J connectivity index is 1.73. The second kappa shape index (κ2) is 4.27. The number of hydrogen-bond donors (Lipinski definition) is 2. The number of aromatic amines is 1. The predicted octanol–water partition coefficient (Wildman–Crippen LogP) is 1.44. The van der Waals surface area contributed by atoms with Gasteiger partial charge in [0.2, 0.25) is 0 Å². The molecule has 17 heavy (non-hydrogen) atoms. The Morgan fingerprint density at radius 3 is 2.82 bits per heavy atom. The third-order valence-electron chi connectivity index (χ3n) is 2.40. The fraction of sp³-hybridized carbons (Fsp3) is 0.636. The van der Waals surface area contributed by atoms with Crippen LogP contribution in [0.25, 0.3) is 0 Å². The second-order valence-corrected chi connectivity index (χ2v) is 5.21. The van der Waals surface area contributed by atoms with Crippen LogP contribution in [0.1, 0.15) is 20.8 Å². The van der Waals surface area contributed by atoms with E-state index in [0.717, 1.165) is 5.69 Å². The minimum Gasteiger partial charge on any atom is -0.444 e. The van der Waals surface area contributed by atoms with Crippen LogP contribution in [0.3, 0.4) is 0 Å². The van der Waals surface area contributed by atoms with Crippen LogP contribution in [-0.4, -0.2) is 45.9 Å². The average Bonchev–Trinajstić information content (AvgIpc) is 2.59. The van der Waals surface area contributed by atoms with Crippen molar-refractivity contribution in [2.45, 2.75) is 32.4 Å². The molecule has 1 aromatic rings. The molecule has 94 valence electrons. The first kappa shape index (κ1) is 11.8. The van der Waals surface area contributed by atoms with Crippen LogP contribution in [0.4, 0.5) is 10.5 Å². The van der Waals surface area contributed by atoms with Crippen LogP contribution in [0.5, 0.6) is 0 Å². The maximum absolute atomic E-state index is 11.6. The summed E-state index contributed by atoms with van der Waals surface area (Å²) in [6, 6.07) is 0.278. The normalized spacial score (nSPS) is 16.5. The highest BCUT2D eigenvalue weighted by atomic mass is 16.6. The summed E-state index contributed by atoms with van der Waals surface area (Å²) >= 11 is 0. The summed E-state index contributed by atoms with van der Waals surface area (Å²) in [5.41, 5.74) is 0.513. The van der Waals surface area contributed by atoms with Gasteiger partial charge in [0.15, 0.2) is 0 Å². The fourth-order valence-electron chi connectivity index (χ4n) is 1.61. The molecule has 0 aliphatic carbocycles. The van der Waals surface area contributed by atoms with E-state index >= 15 is 0 Å². The molecule has 1 amide bonds. The van der Waals surface area contributed by atoms with Gasteiger partial charge in [-0.3, -0.25) is 5.10 Å². The van der Waals surface area contributed by atoms with Gasteiger partial charge in [-0.1, -0.05) is 0 Å². The lowest BCUT2D eigenvalue weighted by Crippen LogP contribution is -2.57. The molecule has 0 aromatic carbocycles. The molecule has 2 rings (SSSR count). The number of hydrogen-bond acceptors (Lipinski definition) is 4. The largest absolute Gasteiger partial charge is 0.444 e. The standard InChI is InChI=1S/C11H18N4O2/c1-11(2,3)17-10(16)15-6-9(7-15)14-8-4-12-13-5-8/h4-5,9,14H,6-7H2,1-3H3,(H,12,13). The lowest BCUT2D eigenvalue weighted by molar-refractivity contribution is 0.0105.